The summed E-state index contributed by atoms with van der Waals surface area (Å²) >= 11 is 0. The number of non-ortho nitro benzene ring substituents is 1. The van der Waals surface area contributed by atoms with Crippen molar-refractivity contribution >= 4 is 33.5 Å². The van der Waals surface area contributed by atoms with E-state index >= 15 is 0 Å². The number of rotatable bonds is 8. The molecule has 34 heavy (non-hydrogen) atoms. The molecule has 9 nitrogen and oxygen atoms in total. The first kappa shape index (κ1) is 24.6. The molecule has 0 bridgehead atoms. The highest BCUT2D eigenvalue weighted by atomic mass is 32.2. The molecular weight excluding hydrogens is 456 g/mol. The summed E-state index contributed by atoms with van der Waals surface area (Å²) in [6.45, 7) is 5.38. The monoisotopic (exact) mass is 480 g/mol. The Balaban J connectivity index is 1.86. The Morgan fingerprint density at radius 3 is 2.26 bits per heavy atom. The van der Waals surface area contributed by atoms with Crippen LogP contribution < -0.4 is 9.73 Å². The van der Waals surface area contributed by atoms with E-state index in [0.29, 0.717) is 0 Å². The molecule has 3 aromatic rings. The number of amides is 1. The molecule has 0 unspecified atom stereocenters. The predicted octanol–water partition coefficient (Wildman–Crippen LogP) is 3.87. The summed E-state index contributed by atoms with van der Waals surface area (Å²) in [4.78, 5) is 23.0. The zero-order valence-corrected chi connectivity index (χ0v) is 19.7. The third-order valence-corrected chi connectivity index (χ3v) is 7.25. The number of hydrogen-bond acceptors (Lipinski definition) is 6. The molecule has 176 valence electrons. The van der Waals surface area contributed by atoms with Crippen LogP contribution in [0.5, 0.6) is 0 Å². The summed E-state index contributed by atoms with van der Waals surface area (Å²) in [6.07, 6.45) is 1.50. The van der Waals surface area contributed by atoms with Crippen LogP contribution >= 0.6 is 0 Å². The maximum atomic E-state index is 13.3. The van der Waals surface area contributed by atoms with Crippen molar-refractivity contribution in [3.8, 4) is 0 Å². The highest BCUT2D eigenvalue weighted by molar-refractivity contribution is 7.92. The molecule has 3 aromatic carbocycles. The van der Waals surface area contributed by atoms with Gasteiger partial charge in [-0.25, -0.2) is 13.8 Å². The number of nitrogens with zero attached hydrogens (tertiary/aromatic N) is 3. The molecule has 0 fully saturated rings. The number of anilines is 1. The molecule has 0 aliphatic rings. The van der Waals surface area contributed by atoms with Gasteiger partial charge in [-0.2, -0.15) is 5.10 Å². The van der Waals surface area contributed by atoms with E-state index in [9.17, 15) is 23.3 Å². The largest absolute Gasteiger partial charge is 0.271 e. The standard InChI is InChI=1S/C24H24N4O5S/c1-17-9-10-20(19(3)18(17)2)15-25-26-24(29)16-27(21-11-13-22(14-12-21)28(30)31)34(32,33)23-7-5-4-6-8-23/h4-15H,16H2,1-3H3,(H,26,29)/b25-15-. The topological polar surface area (TPSA) is 122 Å². The van der Waals surface area contributed by atoms with Gasteiger partial charge in [0.2, 0.25) is 0 Å². The van der Waals surface area contributed by atoms with E-state index in [0.717, 1.165) is 26.6 Å². The number of hydrogen-bond donors (Lipinski definition) is 1. The highest BCUT2D eigenvalue weighted by Gasteiger charge is 2.27. The SMILES string of the molecule is Cc1ccc(/C=N\NC(=O)CN(c2ccc([N+](=O)[O-])cc2)S(=O)(=O)c2ccccc2)c(C)c1C. The van der Waals surface area contributed by atoms with Crippen molar-refractivity contribution in [3.05, 3.63) is 99.1 Å². The van der Waals surface area contributed by atoms with E-state index in [2.05, 4.69) is 10.5 Å². The second-order valence-corrected chi connectivity index (χ2v) is 9.48. The summed E-state index contributed by atoms with van der Waals surface area (Å²) in [5.41, 5.74) is 6.39. The fourth-order valence-electron chi connectivity index (χ4n) is 3.23. The fraction of sp³-hybridized carbons (Fsp3) is 0.167. The summed E-state index contributed by atoms with van der Waals surface area (Å²) in [7, 11) is -4.13. The minimum Gasteiger partial charge on any atom is -0.271 e. The van der Waals surface area contributed by atoms with Gasteiger partial charge in [-0.15, -0.1) is 0 Å². The Morgan fingerprint density at radius 2 is 1.65 bits per heavy atom. The van der Waals surface area contributed by atoms with Crippen molar-refractivity contribution in [1.82, 2.24) is 5.43 Å². The molecular formula is C24H24N4O5S. The lowest BCUT2D eigenvalue weighted by Gasteiger charge is -2.23. The number of carbonyl (C=O) groups excluding carboxylic acids is 1. The van der Waals surface area contributed by atoms with E-state index in [1.54, 1.807) is 18.2 Å². The van der Waals surface area contributed by atoms with E-state index in [4.69, 9.17) is 0 Å². The summed E-state index contributed by atoms with van der Waals surface area (Å²) in [6, 6.07) is 16.4. The van der Waals surface area contributed by atoms with Gasteiger partial charge in [0.15, 0.2) is 0 Å². The molecule has 0 atom stereocenters. The molecule has 0 saturated heterocycles. The Labute approximate surface area is 197 Å². The van der Waals surface area contributed by atoms with Crippen molar-refractivity contribution in [1.29, 1.82) is 0 Å². The lowest BCUT2D eigenvalue weighted by molar-refractivity contribution is -0.384. The predicted molar refractivity (Wildman–Crippen MR) is 130 cm³/mol. The van der Waals surface area contributed by atoms with Crippen LogP contribution in [0, 0.1) is 30.9 Å². The van der Waals surface area contributed by atoms with E-state index in [-0.39, 0.29) is 16.3 Å². The molecule has 0 aliphatic heterocycles. The highest BCUT2D eigenvalue weighted by Crippen LogP contribution is 2.25. The van der Waals surface area contributed by atoms with Gasteiger partial charge in [-0.1, -0.05) is 30.3 Å². The smallest absolute Gasteiger partial charge is 0.269 e. The van der Waals surface area contributed by atoms with Gasteiger partial charge in [0.25, 0.3) is 21.6 Å². The number of carbonyl (C=O) groups is 1. The minimum absolute atomic E-state index is 0.0181. The maximum absolute atomic E-state index is 13.3. The normalized spacial score (nSPS) is 11.4. The lowest BCUT2D eigenvalue weighted by Crippen LogP contribution is -2.39. The molecule has 0 saturated carbocycles. The van der Waals surface area contributed by atoms with Gasteiger partial charge in [0.1, 0.15) is 6.54 Å². The average molecular weight is 481 g/mol. The molecule has 1 N–H and O–H groups in total. The minimum atomic E-state index is -4.13. The van der Waals surface area contributed by atoms with Crippen LogP contribution in [-0.2, 0) is 14.8 Å². The van der Waals surface area contributed by atoms with Crippen LogP contribution in [0.1, 0.15) is 22.3 Å². The van der Waals surface area contributed by atoms with E-state index < -0.39 is 27.4 Å². The number of nitrogens with one attached hydrogen (secondary N) is 1. The van der Waals surface area contributed by atoms with Gasteiger partial charge in [-0.05, 0) is 67.3 Å². The number of aryl methyl sites for hydroxylation is 1. The first-order valence-corrected chi connectivity index (χ1v) is 11.8. The molecule has 10 heteroatoms. The summed E-state index contributed by atoms with van der Waals surface area (Å²) in [5.74, 6) is -0.671. The number of sulfonamides is 1. The molecule has 0 heterocycles. The van der Waals surface area contributed by atoms with Crippen LogP contribution in [-0.4, -0.2) is 32.0 Å². The third-order valence-electron chi connectivity index (χ3n) is 5.46. The molecule has 0 aliphatic carbocycles. The van der Waals surface area contributed by atoms with Crippen molar-refractivity contribution in [2.75, 3.05) is 10.8 Å². The van der Waals surface area contributed by atoms with Crippen LogP contribution in [0.25, 0.3) is 0 Å². The summed E-state index contributed by atoms with van der Waals surface area (Å²) < 4.78 is 27.4. The Bertz CT molecular complexity index is 1340. The number of benzene rings is 3. The lowest BCUT2D eigenvalue weighted by atomic mass is 10.00. The van der Waals surface area contributed by atoms with Crippen molar-refractivity contribution < 1.29 is 18.1 Å². The van der Waals surface area contributed by atoms with Crippen LogP contribution in [0.3, 0.4) is 0 Å². The van der Waals surface area contributed by atoms with Crippen LogP contribution in [0.2, 0.25) is 0 Å². The number of hydrazone groups is 1. The second-order valence-electron chi connectivity index (χ2n) is 7.61. The summed E-state index contributed by atoms with van der Waals surface area (Å²) in [5, 5.41) is 14.9. The molecule has 3 rings (SSSR count). The fourth-order valence-corrected chi connectivity index (χ4v) is 4.67. The van der Waals surface area contributed by atoms with Gasteiger partial charge >= 0.3 is 0 Å². The van der Waals surface area contributed by atoms with Crippen molar-refractivity contribution in [2.45, 2.75) is 25.7 Å². The second kappa shape index (κ2) is 10.3. The van der Waals surface area contributed by atoms with E-state index in [1.807, 2.05) is 32.9 Å². The zero-order chi connectivity index (χ0) is 24.9. The first-order valence-electron chi connectivity index (χ1n) is 10.3. The molecule has 1 amide bonds. The quantitative estimate of drug-likeness (QED) is 0.298. The Hall–Kier alpha value is -4.05. The van der Waals surface area contributed by atoms with Crippen LogP contribution in [0.15, 0.2) is 76.7 Å². The zero-order valence-electron chi connectivity index (χ0n) is 18.9. The average Bonchev–Trinajstić information content (AvgIpc) is 2.83. The molecule has 0 aromatic heterocycles. The maximum Gasteiger partial charge on any atom is 0.269 e. The van der Waals surface area contributed by atoms with E-state index in [1.165, 1.54) is 42.6 Å². The van der Waals surface area contributed by atoms with Gasteiger partial charge in [0, 0.05) is 12.1 Å². The Morgan fingerprint density at radius 1 is 1.00 bits per heavy atom. The van der Waals surface area contributed by atoms with Crippen molar-refractivity contribution in [2.24, 2.45) is 5.10 Å². The van der Waals surface area contributed by atoms with Crippen molar-refractivity contribution in [3.63, 3.8) is 0 Å². The van der Waals surface area contributed by atoms with Gasteiger partial charge in [-0.3, -0.25) is 19.2 Å². The number of nitro groups is 1. The van der Waals surface area contributed by atoms with Gasteiger partial charge < -0.3 is 0 Å². The molecule has 0 radical (unpaired) electrons. The first-order chi connectivity index (χ1) is 16.1. The van der Waals surface area contributed by atoms with Gasteiger partial charge in [0.05, 0.1) is 21.7 Å². The molecule has 0 spiro atoms. The third kappa shape index (κ3) is 5.46. The van der Waals surface area contributed by atoms with Crippen LogP contribution in [0.4, 0.5) is 11.4 Å². The number of nitro benzene ring substituents is 1. The Kier molecular flexibility index (Phi) is 7.42.